The monoisotopic (exact) mass is 296 g/mol. The fraction of sp³-hybridized carbons (Fsp3) is 0.100. The molecule has 0 unspecified atom stereocenters. The number of carbonyl (C=O) groups excluding carboxylic acids is 2. The van der Waals surface area contributed by atoms with Crippen molar-refractivity contribution >= 4 is 33.7 Å². The minimum atomic E-state index is -0.803. The summed E-state index contributed by atoms with van der Waals surface area (Å²) >= 11 is 2.88. The van der Waals surface area contributed by atoms with Gasteiger partial charge in [0.1, 0.15) is 17.9 Å². The maximum Gasteiger partial charge on any atom is 0.297 e. The topological polar surface area (TPSA) is 101 Å². The summed E-state index contributed by atoms with van der Waals surface area (Å²) in [5.74, 6) is -0.558. The van der Waals surface area contributed by atoms with Crippen LogP contribution >= 0.6 is 15.9 Å². The first-order valence-corrected chi connectivity index (χ1v) is 5.44. The molecule has 1 rings (SSSR count). The zero-order chi connectivity index (χ0) is 13.0. The molecule has 0 aliphatic rings. The van der Waals surface area contributed by atoms with Gasteiger partial charge in [0, 0.05) is 5.56 Å². The Labute approximate surface area is 104 Å². The van der Waals surface area contributed by atoms with E-state index in [1.807, 2.05) is 0 Å². The maximum atomic E-state index is 11.5. The van der Waals surface area contributed by atoms with E-state index in [-0.39, 0.29) is 22.0 Å². The van der Waals surface area contributed by atoms with E-state index in [9.17, 15) is 19.7 Å². The normalized spacial score (nSPS) is 9.41. The molecule has 0 radical (unpaired) electrons. The highest BCUT2D eigenvalue weighted by atomic mass is 79.9. The van der Waals surface area contributed by atoms with Gasteiger partial charge in [-0.2, -0.15) is 5.26 Å². The number of carbonyl (C=O) groups is 2. The second-order valence-electron chi connectivity index (χ2n) is 3.01. The van der Waals surface area contributed by atoms with E-state index in [4.69, 9.17) is 5.26 Å². The van der Waals surface area contributed by atoms with E-state index in [0.29, 0.717) is 6.29 Å². The number of nitriles is 1. The van der Waals surface area contributed by atoms with Crippen molar-refractivity contribution < 1.29 is 14.5 Å². The SMILES string of the molecule is N#Cc1cc(C=O)cc(C(=O)CBr)c1[N+](=O)[O-]. The first-order valence-electron chi connectivity index (χ1n) is 4.32. The van der Waals surface area contributed by atoms with E-state index >= 15 is 0 Å². The Balaban J connectivity index is 3.64. The molecule has 1 aromatic rings. The summed E-state index contributed by atoms with van der Waals surface area (Å²) in [6, 6.07) is 3.79. The van der Waals surface area contributed by atoms with Crippen LogP contribution in [-0.2, 0) is 0 Å². The predicted molar refractivity (Wildman–Crippen MR) is 61.3 cm³/mol. The molecule has 0 spiro atoms. The Kier molecular flexibility index (Phi) is 4.06. The summed E-state index contributed by atoms with van der Waals surface area (Å²) in [5.41, 5.74) is -1.06. The Morgan fingerprint density at radius 1 is 1.59 bits per heavy atom. The fourth-order valence-corrected chi connectivity index (χ4v) is 1.59. The molecule has 1 aromatic carbocycles. The van der Waals surface area contributed by atoms with Crippen molar-refractivity contribution in [2.75, 3.05) is 5.33 Å². The van der Waals surface area contributed by atoms with E-state index in [0.717, 1.165) is 12.1 Å². The largest absolute Gasteiger partial charge is 0.298 e. The first kappa shape index (κ1) is 13.0. The first-order chi connectivity index (χ1) is 8.04. The zero-order valence-electron chi connectivity index (χ0n) is 8.34. The number of alkyl halides is 1. The smallest absolute Gasteiger partial charge is 0.297 e. The minimum absolute atomic E-state index is 0.0523. The van der Waals surface area contributed by atoms with Crippen LogP contribution in [0.5, 0.6) is 0 Å². The van der Waals surface area contributed by atoms with Crippen molar-refractivity contribution in [2.45, 2.75) is 0 Å². The molecule has 0 saturated heterocycles. The lowest BCUT2D eigenvalue weighted by Gasteiger charge is -2.02. The molecule has 17 heavy (non-hydrogen) atoms. The molecule has 0 bridgehead atoms. The van der Waals surface area contributed by atoms with Crippen molar-refractivity contribution in [3.63, 3.8) is 0 Å². The van der Waals surface area contributed by atoms with Crippen molar-refractivity contribution in [1.29, 1.82) is 5.26 Å². The Morgan fingerprint density at radius 2 is 2.24 bits per heavy atom. The van der Waals surface area contributed by atoms with Crippen molar-refractivity contribution in [2.24, 2.45) is 0 Å². The van der Waals surface area contributed by atoms with Crippen LogP contribution in [0.1, 0.15) is 26.3 Å². The number of ketones is 1. The summed E-state index contributed by atoms with van der Waals surface area (Å²) < 4.78 is 0. The van der Waals surface area contributed by atoms with Crippen LogP contribution in [0.3, 0.4) is 0 Å². The number of nitro groups is 1. The van der Waals surface area contributed by atoms with Gasteiger partial charge in [0.25, 0.3) is 5.69 Å². The Morgan fingerprint density at radius 3 is 2.65 bits per heavy atom. The molecule has 0 heterocycles. The second-order valence-corrected chi connectivity index (χ2v) is 3.57. The highest BCUT2D eigenvalue weighted by molar-refractivity contribution is 9.09. The number of Topliss-reactive ketones (excluding diaryl/α,β-unsaturated/α-hetero) is 1. The third kappa shape index (κ3) is 2.54. The van der Waals surface area contributed by atoms with Crippen LogP contribution in [-0.4, -0.2) is 22.3 Å². The Hall–Kier alpha value is -2.07. The number of nitro benzene ring substituents is 1. The zero-order valence-corrected chi connectivity index (χ0v) is 9.93. The minimum Gasteiger partial charge on any atom is -0.298 e. The van der Waals surface area contributed by atoms with Gasteiger partial charge in [-0.15, -0.1) is 0 Å². The summed E-state index contributed by atoms with van der Waals surface area (Å²) in [6.45, 7) is 0. The molecule has 0 amide bonds. The molecule has 86 valence electrons. The highest BCUT2D eigenvalue weighted by Gasteiger charge is 2.25. The molecule has 0 aliphatic heterocycles. The van der Waals surface area contributed by atoms with Crippen LogP contribution in [0.4, 0.5) is 5.69 Å². The molecular formula is C10H5BrN2O4. The van der Waals surface area contributed by atoms with Gasteiger partial charge in [-0.25, -0.2) is 0 Å². The van der Waals surface area contributed by atoms with E-state index in [1.54, 1.807) is 6.07 Å². The predicted octanol–water partition coefficient (Wildman–Crippen LogP) is 1.86. The number of halogens is 1. The molecule has 0 aliphatic carbocycles. The fourth-order valence-electron chi connectivity index (χ4n) is 1.29. The van der Waals surface area contributed by atoms with Gasteiger partial charge in [0.2, 0.25) is 0 Å². The number of benzene rings is 1. The van der Waals surface area contributed by atoms with Crippen LogP contribution in [0.15, 0.2) is 12.1 Å². The highest BCUT2D eigenvalue weighted by Crippen LogP contribution is 2.25. The quantitative estimate of drug-likeness (QED) is 0.277. The van der Waals surface area contributed by atoms with Crippen LogP contribution in [0.2, 0.25) is 0 Å². The van der Waals surface area contributed by atoms with Crippen LogP contribution < -0.4 is 0 Å². The summed E-state index contributed by atoms with van der Waals surface area (Å²) in [5, 5.41) is 19.5. The molecule has 7 heteroatoms. The standard InChI is InChI=1S/C10H5BrN2O4/c11-3-9(15)8-2-6(5-14)1-7(4-12)10(8)13(16)17/h1-2,5H,3H2. The third-order valence-corrected chi connectivity index (χ3v) is 2.50. The van der Waals surface area contributed by atoms with Gasteiger partial charge in [0.05, 0.1) is 15.8 Å². The number of rotatable bonds is 4. The van der Waals surface area contributed by atoms with Crippen molar-refractivity contribution in [3.05, 3.63) is 38.9 Å². The number of nitrogens with zero attached hydrogens (tertiary/aromatic N) is 2. The lowest BCUT2D eigenvalue weighted by molar-refractivity contribution is -0.385. The van der Waals surface area contributed by atoms with Gasteiger partial charge in [-0.1, -0.05) is 15.9 Å². The molecule has 0 N–H and O–H groups in total. The summed E-state index contributed by atoms with van der Waals surface area (Å²) in [6.07, 6.45) is 0.426. The third-order valence-electron chi connectivity index (χ3n) is 1.99. The lowest BCUT2D eigenvalue weighted by atomic mass is 10.0. The molecule has 0 atom stereocenters. The second kappa shape index (κ2) is 5.32. The molecule has 0 fully saturated rings. The number of aldehydes is 1. The lowest BCUT2D eigenvalue weighted by Crippen LogP contribution is -2.08. The number of hydrogen-bond acceptors (Lipinski definition) is 5. The van der Waals surface area contributed by atoms with Gasteiger partial charge in [-0.05, 0) is 12.1 Å². The van der Waals surface area contributed by atoms with Crippen molar-refractivity contribution in [3.8, 4) is 6.07 Å². The van der Waals surface area contributed by atoms with E-state index in [2.05, 4.69) is 15.9 Å². The number of hydrogen-bond donors (Lipinski definition) is 0. The van der Waals surface area contributed by atoms with Crippen LogP contribution in [0.25, 0.3) is 0 Å². The molecule has 6 nitrogen and oxygen atoms in total. The molecule has 0 saturated carbocycles. The van der Waals surface area contributed by atoms with Gasteiger partial charge in [0.15, 0.2) is 5.78 Å². The van der Waals surface area contributed by atoms with Crippen molar-refractivity contribution in [1.82, 2.24) is 0 Å². The average molecular weight is 297 g/mol. The van der Waals surface area contributed by atoms with Gasteiger partial charge < -0.3 is 0 Å². The maximum absolute atomic E-state index is 11.5. The van der Waals surface area contributed by atoms with E-state index < -0.39 is 16.4 Å². The van der Waals surface area contributed by atoms with Gasteiger partial charge >= 0.3 is 0 Å². The molecular weight excluding hydrogens is 292 g/mol. The summed E-state index contributed by atoms with van der Waals surface area (Å²) in [7, 11) is 0. The van der Waals surface area contributed by atoms with Gasteiger partial charge in [-0.3, -0.25) is 19.7 Å². The van der Waals surface area contributed by atoms with E-state index in [1.165, 1.54) is 0 Å². The van der Waals surface area contributed by atoms with Crippen LogP contribution in [0, 0.1) is 21.4 Å². The Bertz CT molecular complexity index is 548. The molecule has 0 aromatic heterocycles. The summed E-state index contributed by atoms with van der Waals surface area (Å²) in [4.78, 5) is 32.1. The average Bonchev–Trinajstić information content (AvgIpc) is 2.35.